The molecule has 1 aromatic rings. The molecule has 6 aliphatic rings. The van der Waals surface area contributed by atoms with Gasteiger partial charge >= 0.3 is 6.18 Å². The third-order valence-electron chi connectivity index (χ3n) is 7.96. The van der Waals surface area contributed by atoms with Crippen LogP contribution in [-0.2, 0) is 11.0 Å². The highest BCUT2D eigenvalue weighted by atomic mass is 19.4. The first-order valence-corrected chi connectivity index (χ1v) is 11.5. The number of guanidine groups is 1. The smallest absolute Gasteiger partial charge is 0.363 e. The first-order chi connectivity index (χ1) is 15.7. The molecule has 1 amide bonds. The van der Waals surface area contributed by atoms with Gasteiger partial charge in [0.15, 0.2) is 0 Å². The molecule has 1 aromatic carbocycles. The Morgan fingerprint density at radius 3 is 2.67 bits per heavy atom. The first-order valence-electron chi connectivity index (χ1n) is 11.5. The number of carbonyl (C=O) groups is 1. The van der Waals surface area contributed by atoms with E-state index in [0.717, 1.165) is 49.1 Å². The lowest BCUT2D eigenvalue weighted by Gasteiger charge is -2.61. The Balaban J connectivity index is 1.27. The summed E-state index contributed by atoms with van der Waals surface area (Å²) in [4.78, 5) is 26.5. The van der Waals surface area contributed by atoms with Gasteiger partial charge in [0.25, 0.3) is 0 Å². The predicted octanol–water partition coefficient (Wildman–Crippen LogP) is 3.64. The van der Waals surface area contributed by atoms with Gasteiger partial charge in [-0.2, -0.15) is 18.2 Å². The maximum absolute atomic E-state index is 13.4. The van der Waals surface area contributed by atoms with Crippen molar-refractivity contribution in [2.75, 3.05) is 26.2 Å². The van der Waals surface area contributed by atoms with Crippen molar-refractivity contribution >= 4 is 17.7 Å². The number of amidine groups is 1. The van der Waals surface area contributed by atoms with Crippen molar-refractivity contribution in [3.8, 4) is 0 Å². The van der Waals surface area contributed by atoms with Crippen LogP contribution < -0.4 is 5.32 Å². The second-order valence-electron chi connectivity index (χ2n) is 10.0. The summed E-state index contributed by atoms with van der Waals surface area (Å²) in [5.41, 5.74) is 2.01. The van der Waals surface area contributed by atoms with E-state index in [1.54, 1.807) is 6.07 Å². The molecule has 2 bridgehead atoms. The Labute approximate surface area is 190 Å². The molecule has 0 aromatic heterocycles. The van der Waals surface area contributed by atoms with E-state index in [-0.39, 0.29) is 16.9 Å². The monoisotopic (exact) mass is 457 g/mol. The van der Waals surface area contributed by atoms with Crippen LogP contribution in [-0.4, -0.2) is 53.7 Å². The Hall–Kier alpha value is -2.84. The summed E-state index contributed by atoms with van der Waals surface area (Å²) >= 11 is 0. The molecule has 9 heteroatoms. The summed E-state index contributed by atoms with van der Waals surface area (Å²) in [6.07, 6.45) is -1.37. The van der Waals surface area contributed by atoms with Gasteiger partial charge in [-0.05, 0) is 56.2 Å². The number of carbonyl (C=O) groups excluding carboxylic acids is 1. The summed E-state index contributed by atoms with van der Waals surface area (Å²) in [6, 6.07) is 3.88. The van der Waals surface area contributed by atoms with Crippen molar-refractivity contribution in [1.82, 2.24) is 15.1 Å². The normalized spacial score (nSPS) is 28.5. The van der Waals surface area contributed by atoms with Crippen LogP contribution in [0, 0.1) is 18.3 Å². The van der Waals surface area contributed by atoms with E-state index < -0.39 is 17.8 Å². The van der Waals surface area contributed by atoms with Crippen LogP contribution in [0.3, 0.4) is 0 Å². The molecule has 174 valence electrons. The van der Waals surface area contributed by atoms with Crippen LogP contribution >= 0.6 is 0 Å². The number of nitrogens with zero attached hydrogens (tertiary/aromatic N) is 4. The number of rotatable bonds is 3. The zero-order valence-corrected chi connectivity index (χ0v) is 18.7. The fraction of sp³-hybridized carbons (Fsp3) is 0.542. The summed E-state index contributed by atoms with van der Waals surface area (Å²) in [6.45, 7) is 5.75. The lowest BCUT2D eigenvalue weighted by molar-refractivity contribution is -0.175. The van der Waals surface area contributed by atoms with Crippen molar-refractivity contribution in [2.24, 2.45) is 21.3 Å². The molecule has 0 saturated heterocycles. The van der Waals surface area contributed by atoms with Gasteiger partial charge in [0.2, 0.25) is 11.9 Å². The van der Waals surface area contributed by atoms with Crippen LogP contribution in [0.1, 0.15) is 48.9 Å². The second kappa shape index (κ2) is 6.84. The molecule has 1 atom stereocenters. The van der Waals surface area contributed by atoms with Gasteiger partial charge in [-0.15, -0.1) is 0 Å². The standard InChI is InChI=1S/C24H26F3N5O/c1-13-16(4-3-5-18(13)24(25,26)27)14(2)29-20-17-11-31(21(33)23-8-15(9-23)10-23)12-19(17)32-7-6-28-22(32)30-20/h3-5,14-15H,6-12H2,1-2H3,(H,28,29,30). The molecule has 1 unspecified atom stereocenters. The Morgan fingerprint density at radius 2 is 2.00 bits per heavy atom. The summed E-state index contributed by atoms with van der Waals surface area (Å²) in [7, 11) is 0. The Kier molecular flexibility index (Phi) is 4.30. The minimum Gasteiger partial charge on any atom is -0.363 e. The second-order valence-corrected chi connectivity index (χ2v) is 10.0. The number of hydrogen-bond acceptors (Lipinski definition) is 5. The molecule has 1 N–H and O–H groups in total. The van der Waals surface area contributed by atoms with Gasteiger partial charge in [0.05, 0.1) is 36.7 Å². The summed E-state index contributed by atoms with van der Waals surface area (Å²) in [5.74, 6) is 2.19. The molecule has 0 spiro atoms. The Bertz CT molecular complexity index is 1130. The van der Waals surface area contributed by atoms with E-state index in [9.17, 15) is 18.0 Å². The van der Waals surface area contributed by atoms with Crippen molar-refractivity contribution < 1.29 is 18.0 Å². The van der Waals surface area contributed by atoms with Crippen molar-refractivity contribution in [2.45, 2.75) is 45.3 Å². The number of hydrogen-bond donors (Lipinski definition) is 1. The first kappa shape index (κ1) is 20.7. The van der Waals surface area contributed by atoms with Crippen LogP contribution in [0.2, 0.25) is 0 Å². The average molecular weight is 458 g/mol. The van der Waals surface area contributed by atoms with Gasteiger partial charge < -0.3 is 15.1 Å². The highest BCUT2D eigenvalue weighted by Gasteiger charge is 2.62. The van der Waals surface area contributed by atoms with E-state index in [2.05, 4.69) is 15.2 Å². The molecular weight excluding hydrogens is 431 g/mol. The lowest BCUT2D eigenvalue weighted by Crippen LogP contribution is -2.61. The van der Waals surface area contributed by atoms with Crippen molar-refractivity contribution in [3.05, 3.63) is 46.2 Å². The number of halogens is 3. The van der Waals surface area contributed by atoms with Crippen molar-refractivity contribution in [1.29, 1.82) is 0 Å². The largest absolute Gasteiger partial charge is 0.416 e. The molecule has 0 radical (unpaired) electrons. The lowest BCUT2D eigenvalue weighted by atomic mass is 9.44. The number of aliphatic imine (C=N–C) groups is 2. The fourth-order valence-electron chi connectivity index (χ4n) is 6.08. The molecule has 7 rings (SSSR count). The third kappa shape index (κ3) is 3.04. The number of amides is 1. The molecule has 33 heavy (non-hydrogen) atoms. The summed E-state index contributed by atoms with van der Waals surface area (Å²) < 4.78 is 40.2. The highest BCUT2D eigenvalue weighted by molar-refractivity contribution is 6.10. The average Bonchev–Trinajstić information content (AvgIpc) is 3.31. The number of benzene rings is 1. The van der Waals surface area contributed by atoms with E-state index in [1.807, 2.05) is 11.8 Å². The molecule has 3 aliphatic carbocycles. The SMILES string of the molecule is Cc1c(C(C)NC2=NC3=NCCN3C3=C2CN(C(=O)C24CC(C2)C4)C3)cccc1C(F)(F)F. The van der Waals surface area contributed by atoms with Crippen LogP contribution in [0.25, 0.3) is 0 Å². The highest BCUT2D eigenvalue weighted by Crippen LogP contribution is 2.65. The topological polar surface area (TPSA) is 60.3 Å². The summed E-state index contributed by atoms with van der Waals surface area (Å²) in [5, 5.41) is 3.35. The van der Waals surface area contributed by atoms with Crippen LogP contribution in [0.15, 0.2) is 39.5 Å². The van der Waals surface area contributed by atoms with Crippen LogP contribution in [0.5, 0.6) is 0 Å². The van der Waals surface area contributed by atoms with E-state index in [0.29, 0.717) is 37.0 Å². The molecular formula is C24H26F3N5O. The number of alkyl halides is 3. The zero-order valence-electron chi connectivity index (χ0n) is 18.7. The van der Waals surface area contributed by atoms with Gasteiger partial charge in [0.1, 0.15) is 5.84 Å². The Morgan fingerprint density at radius 1 is 1.24 bits per heavy atom. The number of nitrogens with one attached hydrogen (secondary N) is 1. The van der Waals surface area contributed by atoms with E-state index in [1.165, 1.54) is 13.0 Å². The minimum absolute atomic E-state index is 0.144. The van der Waals surface area contributed by atoms with Gasteiger partial charge in [-0.25, -0.2) is 4.99 Å². The van der Waals surface area contributed by atoms with E-state index >= 15 is 0 Å². The van der Waals surface area contributed by atoms with Gasteiger partial charge in [0, 0.05) is 17.8 Å². The maximum atomic E-state index is 13.4. The van der Waals surface area contributed by atoms with Crippen LogP contribution in [0.4, 0.5) is 13.2 Å². The van der Waals surface area contributed by atoms with Gasteiger partial charge in [-0.1, -0.05) is 12.1 Å². The third-order valence-corrected chi connectivity index (χ3v) is 7.96. The molecule has 3 aliphatic heterocycles. The quantitative estimate of drug-likeness (QED) is 0.754. The maximum Gasteiger partial charge on any atom is 0.416 e. The molecule has 3 fully saturated rings. The van der Waals surface area contributed by atoms with E-state index in [4.69, 9.17) is 4.99 Å². The zero-order chi connectivity index (χ0) is 23.1. The molecule has 6 nitrogen and oxygen atoms in total. The molecule has 3 heterocycles. The number of fused-ring (bicyclic) bond motifs is 2. The van der Waals surface area contributed by atoms with Gasteiger partial charge in [-0.3, -0.25) is 4.79 Å². The minimum atomic E-state index is -4.40. The predicted molar refractivity (Wildman–Crippen MR) is 118 cm³/mol. The van der Waals surface area contributed by atoms with Crippen molar-refractivity contribution in [3.63, 3.8) is 0 Å². The molecule has 3 saturated carbocycles. The fourth-order valence-corrected chi connectivity index (χ4v) is 6.08.